The number of primary amides is 1. The first-order valence-electron chi connectivity index (χ1n) is 4.27. The highest BCUT2D eigenvalue weighted by atomic mass is 19.1. The molecule has 15 heavy (non-hydrogen) atoms. The maximum Gasteiger partial charge on any atom is 0.251 e. The molecule has 0 saturated carbocycles. The summed E-state index contributed by atoms with van der Waals surface area (Å²) in [4.78, 5) is 10.8. The molecule has 0 aromatic heterocycles. The van der Waals surface area contributed by atoms with Crippen molar-refractivity contribution in [1.29, 1.82) is 5.26 Å². The van der Waals surface area contributed by atoms with Gasteiger partial charge in [-0.2, -0.15) is 5.26 Å². The van der Waals surface area contributed by atoms with E-state index in [2.05, 4.69) is 0 Å². The number of amides is 1. The molecule has 4 nitrogen and oxygen atoms in total. The van der Waals surface area contributed by atoms with E-state index in [1.165, 1.54) is 12.1 Å². The Morgan fingerprint density at radius 1 is 1.67 bits per heavy atom. The van der Waals surface area contributed by atoms with Crippen molar-refractivity contribution in [2.75, 3.05) is 6.61 Å². The molecule has 0 spiro atoms. The zero-order chi connectivity index (χ0) is 11.4. The lowest BCUT2D eigenvalue weighted by Crippen LogP contribution is -2.14. The van der Waals surface area contributed by atoms with Crippen LogP contribution >= 0.6 is 0 Å². The van der Waals surface area contributed by atoms with Crippen molar-refractivity contribution in [2.24, 2.45) is 5.73 Å². The van der Waals surface area contributed by atoms with Gasteiger partial charge in [-0.15, -0.1) is 0 Å². The van der Waals surface area contributed by atoms with Crippen LogP contribution in [0.3, 0.4) is 0 Å². The number of halogens is 1. The van der Waals surface area contributed by atoms with Crippen molar-refractivity contribution < 1.29 is 13.9 Å². The summed E-state index contributed by atoms with van der Waals surface area (Å²) in [6.45, 7) is 2.02. The fourth-order valence-electron chi connectivity index (χ4n) is 1.13. The first-order chi connectivity index (χ1) is 7.11. The molecule has 2 N–H and O–H groups in total. The smallest absolute Gasteiger partial charge is 0.251 e. The van der Waals surface area contributed by atoms with Crippen LogP contribution in [-0.4, -0.2) is 12.5 Å². The number of nitrogens with zero attached hydrogens (tertiary/aromatic N) is 1. The summed E-state index contributed by atoms with van der Waals surface area (Å²) in [6.07, 6.45) is 0. The van der Waals surface area contributed by atoms with Crippen molar-refractivity contribution in [1.82, 2.24) is 0 Å². The standard InChI is InChI=1S/C10H9FN2O2/c1-2-15-8-4-3-6(10(13)14)9(11)7(8)5-12/h3-4H,2H2,1H3,(H2,13,14). The molecule has 0 atom stereocenters. The highest BCUT2D eigenvalue weighted by Gasteiger charge is 2.16. The monoisotopic (exact) mass is 208 g/mol. The number of hydrogen-bond acceptors (Lipinski definition) is 3. The molecular weight excluding hydrogens is 199 g/mol. The summed E-state index contributed by atoms with van der Waals surface area (Å²) in [5.74, 6) is -1.73. The lowest BCUT2D eigenvalue weighted by Gasteiger charge is -2.07. The summed E-state index contributed by atoms with van der Waals surface area (Å²) < 4.78 is 18.5. The van der Waals surface area contributed by atoms with Crippen LogP contribution in [0, 0.1) is 17.1 Å². The Kier molecular flexibility index (Phi) is 3.24. The van der Waals surface area contributed by atoms with Gasteiger partial charge in [-0.3, -0.25) is 4.79 Å². The van der Waals surface area contributed by atoms with Gasteiger partial charge >= 0.3 is 0 Å². The Morgan fingerprint density at radius 3 is 2.80 bits per heavy atom. The number of nitrogens with two attached hydrogens (primary N) is 1. The van der Waals surface area contributed by atoms with Crippen LogP contribution in [-0.2, 0) is 0 Å². The van der Waals surface area contributed by atoms with Gasteiger partial charge in [-0.1, -0.05) is 0 Å². The molecular formula is C10H9FN2O2. The summed E-state index contributed by atoms with van der Waals surface area (Å²) >= 11 is 0. The second-order valence-corrected chi connectivity index (χ2v) is 2.71. The topological polar surface area (TPSA) is 76.1 Å². The number of carbonyl (C=O) groups is 1. The highest BCUT2D eigenvalue weighted by molar-refractivity contribution is 5.93. The van der Waals surface area contributed by atoms with Gasteiger partial charge in [0.05, 0.1) is 12.2 Å². The van der Waals surface area contributed by atoms with Crippen LogP contribution < -0.4 is 10.5 Å². The van der Waals surface area contributed by atoms with Crippen LogP contribution in [0.5, 0.6) is 5.75 Å². The predicted molar refractivity (Wildman–Crippen MR) is 50.8 cm³/mol. The van der Waals surface area contributed by atoms with Gasteiger partial charge < -0.3 is 10.5 Å². The van der Waals surface area contributed by atoms with E-state index in [1.54, 1.807) is 13.0 Å². The second-order valence-electron chi connectivity index (χ2n) is 2.71. The number of carbonyl (C=O) groups excluding carboxylic acids is 1. The molecule has 0 aliphatic heterocycles. The highest BCUT2D eigenvalue weighted by Crippen LogP contribution is 2.23. The molecule has 0 heterocycles. The molecule has 78 valence electrons. The van der Waals surface area contributed by atoms with E-state index in [4.69, 9.17) is 15.7 Å². The molecule has 1 amide bonds. The minimum absolute atomic E-state index is 0.113. The van der Waals surface area contributed by atoms with E-state index >= 15 is 0 Å². The average molecular weight is 208 g/mol. The second kappa shape index (κ2) is 4.42. The molecule has 0 fully saturated rings. The largest absolute Gasteiger partial charge is 0.492 e. The number of ether oxygens (including phenoxy) is 1. The minimum atomic E-state index is -0.934. The SMILES string of the molecule is CCOc1ccc(C(N)=O)c(F)c1C#N. The molecule has 5 heteroatoms. The van der Waals surface area contributed by atoms with E-state index in [9.17, 15) is 9.18 Å². The minimum Gasteiger partial charge on any atom is -0.492 e. The lowest BCUT2D eigenvalue weighted by molar-refractivity contribution is 0.0996. The summed E-state index contributed by atoms with van der Waals surface area (Å²) in [5.41, 5.74) is 4.32. The van der Waals surface area contributed by atoms with Gasteiger partial charge in [0.15, 0.2) is 5.82 Å². The first kappa shape index (κ1) is 11.0. The third-order valence-corrected chi connectivity index (χ3v) is 1.78. The van der Waals surface area contributed by atoms with E-state index < -0.39 is 11.7 Å². The van der Waals surface area contributed by atoms with Crippen molar-refractivity contribution in [3.05, 3.63) is 29.1 Å². The molecule has 0 bridgehead atoms. The van der Waals surface area contributed by atoms with Gasteiger partial charge in [-0.05, 0) is 19.1 Å². The number of rotatable bonds is 3. The lowest BCUT2D eigenvalue weighted by atomic mass is 10.1. The number of nitriles is 1. The summed E-state index contributed by atoms with van der Waals surface area (Å²) in [5, 5.41) is 8.71. The zero-order valence-corrected chi connectivity index (χ0v) is 8.08. The molecule has 0 unspecified atom stereocenters. The van der Waals surface area contributed by atoms with Crippen molar-refractivity contribution >= 4 is 5.91 Å². The quantitative estimate of drug-likeness (QED) is 0.810. The maximum absolute atomic E-state index is 13.5. The Morgan fingerprint density at radius 2 is 2.33 bits per heavy atom. The fraction of sp³-hybridized carbons (Fsp3) is 0.200. The Labute approximate surface area is 86.1 Å². The van der Waals surface area contributed by atoms with Crippen LogP contribution in [0.1, 0.15) is 22.8 Å². The van der Waals surface area contributed by atoms with Crippen molar-refractivity contribution in [2.45, 2.75) is 6.92 Å². The van der Waals surface area contributed by atoms with E-state index in [1.807, 2.05) is 0 Å². The third kappa shape index (κ3) is 2.05. The van der Waals surface area contributed by atoms with E-state index in [0.717, 1.165) is 0 Å². The van der Waals surface area contributed by atoms with E-state index in [-0.39, 0.29) is 16.9 Å². The zero-order valence-electron chi connectivity index (χ0n) is 8.08. The molecule has 0 aliphatic rings. The van der Waals surface area contributed by atoms with Crippen molar-refractivity contribution in [3.63, 3.8) is 0 Å². The first-order valence-corrected chi connectivity index (χ1v) is 4.27. The molecule has 1 aromatic carbocycles. The van der Waals surface area contributed by atoms with Gasteiger partial charge in [0, 0.05) is 0 Å². The predicted octanol–water partition coefficient (Wildman–Crippen LogP) is 1.19. The fourth-order valence-corrected chi connectivity index (χ4v) is 1.13. The van der Waals surface area contributed by atoms with Crippen LogP contribution in [0.25, 0.3) is 0 Å². The molecule has 0 aliphatic carbocycles. The van der Waals surface area contributed by atoms with Crippen molar-refractivity contribution in [3.8, 4) is 11.8 Å². The Hall–Kier alpha value is -2.09. The molecule has 0 saturated heterocycles. The Balaban J connectivity index is 3.34. The molecule has 1 aromatic rings. The van der Waals surface area contributed by atoms with Gasteiger partial charge in [0.25, 0.3) is 5.91 Å². The van der Waals surface area contributed by atoms with Gasteiger partial charge in [0.2, 0.25) is 0 Å². The maximum atomic E-state index is 13.5. The molecule has 1 rings (SSSR count). The summed E-state index contributed by atoms with van der Waals surface area (Å²) in [7, 11) is 0. The number of benzene rings is 1. The van der Waals surface area contributed by atoms with Crippen LogP contribution in [0.4, 0.5) is 4.39 Å². The van der Waals surface area contributed by atoms with E-state index in [0.29, 0.717) is 6.61 Å². The number of hydrogen-bond donors (Lipinski definition) is 1. The molecule has 0 radical (unpaired) electrons. The van der Waals surface area contributed by atoms with Crippen LogP contribution in [0.2, 0.25) is 0 Å². The van der Waals surface area contributed by atoms with Gasteiger partial charge in [0.1, 0.15) is 17.4 Å². The third-order valence-electron chi connectivity index (χ3n) is 1.78. The summed E-state index contributed by atoms with van der Waals surface area (Å²) in [6, 6.07) is 4.19. The van der Waals surface area contributed by atoms with Crippen LogP contribution in [0.15, 0.2) is 12.1 Å². The Bertz CT molecular complexity index is 438. The van der Waals surface area contributed by atoms with Gasteiger partial charge in [-0.25, -0.2) is 4.39 Å². The average Bonchev–Trinajstić information content (AvgIpc) is 2.18. The normalized spacial score (nSPS) is 9.40.